The molecule has 0 spiro atoms. The van der Waals surface area contributed by atoms with E-state index >= 15 is 0 Å². The Morgan fingerprint density at radius 2 is 1.67 bits per heavy atom. The number of aryl methyl sites for hydroxylation is 1. The fourth-order valence-electron chi connectivity index (χ4n) is 0.417. The van der Waals surface area contributed by atoms with Gasteiger partial charge in [0, 0.05) is 0 Å². The Bertz CT molecular complexity index is 251. The minimum absolute atomic E-state index is 0.676. The van der Waals surface area contributed by atoms with Crippen molar-refractivity contribution in [2.24, 2.45) is 0 Å². The lowest BCUT2D eigenvalue weighted by atomic mass is 10.8. The lowest BCUT2D eigenvalue weighted by Gasteiger charge is -1.69. The molecule has 0 aromatic carbocycles. The number of hydrogen-bond donors (Lipinski definition) is 1. The molecule has 0 aliphatic heterocycles. The molecule has 12 heavy (non-hydrogen) atoms. The average molecular weight is 165 g/mol. The summed E-state index contributed by atoms with van der Waals surface area (Å²) in [7, 11) is 0. The number of hydrogen-bond acceptors (Lipinski definition) is 6. The van der Waals surface area contributed by atoms with Crippen LogP contribution in [0.4, 0.5) is 0 Å². The van der Waals surface area contributed by atoms with Crippen molar-refractivity contribution in [1.82, 2.24) is 35.6 Å². The largest absolute Gasteiger partial charge is 0.225 e. The van der Waals surface area contributed by atoms with Crippen LogP contribution in [-0.2, 0) is 0 Å². The van der Waals surface area contributed by atoms with Crippen molar-refractivity contribution < 1.29 is 0 Å². The summed E-state index contributed by atoms with van der Waals surface area (Å²) in [6, 6.07) is 0. The molecular formula is C5H7N7. The maximum Gasteiger partial charge on any atom is 0.171 e. The highest BCUT2D eigenvalue weighted by Crippen LogP contribution is 1.69. The highest BCUT2D eigenvalue weighted by atomic mass is 15.5. The van der Waals surface area contributed by atoms with Crippen molar-refractivity contribution in [1.29, 1.82) is 0 Å². The van der Waals surface area contributed by atoms with Crippen molar-refractivity contribution in [2.45, 2.75) is 6.92 Å². The second-order valence-electron chi connectivity index (χ2n) is 1.75. The van der Waals surface area contributed by atoms with Crippen LogP contribution < -0.4 is 0 Å². The number of nitrogens with one attached hydrogen (secondary N) is 1. The number of rotatable bonds is 0. The zero-order chi connectivity index (χ0) is 8.65. The predicted octanol–water partition coefficient (Wildman–Crippen LogP) is -0.620. The number of nitrogens with zero attached hydrogens (tertiary/aromatic N) is 6. The van der Waals surface area contributed by atoms with Crippen LogP contribution in [0.25, 0.3) is 0 Å². The summed E-state index contributed by atoms with van der Waals surface area (Å²) in [6.07, 6.45) is 4.31. The Morgan fingerprint density at radius 1 is 1.08 bits per heavy atom. The van der Waals surface area contributed by atoms with Crippen LogP contribution in [-0.4, -0.2) is 35.6 Å². The number of H-pyrrole nitrogens is 1. The van der Waals surface area contributed by atoms with E-state index in [0.717, 1.165) is 0 Å². The SMILES string of the molecule is Cc1nn[nH]n1.c1ncncn1. The van der Waals surface area contributed by atoms with Crippen molar-refractivity contribution in [3.63, 3.8) is 0 Å². The highest BCUT2D eigenvalue weighted by Gasteiger charge is 1.78. The van der Waals surface area contributed by atoms with Gasteiger partial charge < -0.3 is 0 Å². The molecule has 0 radical (unpaired) electrons. The van der Waals surface area contributed by atoms with E-state index in [0.29, 0.717) is 5.82 Å². The van der Waals surface area contributed by atoms with Crippen molar-refractivity contribution in [3.8, 4) is 0 Å². The molecule has 2 rings (SSSR count). The molecule has 0 saturated heterocycles. The molecule has 1 N–H and O–H groups in total. The smallest absolute Gasteiger partial charge is 0.171 e. The Hall–Kier alpha value is -1.92. The first-order valence-electron chi connectivity index (χ1n) is 3.14. The van der Waals surface area contributed by atoms with Crippen LogP contribution in [0.15, 0.2) is 19.0 Å². The lowest BCUT2D eigenvalue weighted by Crippen LogP contribution is -1.73. The van der Waals surface area contributed by atoms with Crippen LogP contribution >= 0.6 is 0 Å². The van der Waals surface area contributed by atoms with Gasteiger partial charge in [-0.05, 0) is 6.92 Å². The Morgan fingerprint density at radius 3 is 1.83 bits per heavy atom. The van der Waals surface area contributed by atoms with Gasteiger partial charge in [0.2, 0.25) is 0 Å². The fourth-order valence-corrected chi connectivity index (χ4v) is 0.417. The summed E-state index contributed by atoms with van der Waals surface area (Å²) in [5.74, 6) is 0.676. The molecule has 0 saturated carbocycles. The quantitative estimate of drug-likeness (QED) is 0.559. The molecular weight excluding hydrogens is 158 g/mol. The average Bonchev–Trinajstić information content (AvgIpc) is 2.60. The molecule has 0 aliphatic rings. The molecule has 62 valence electrons. The van der Waals surface area contributed by atoms with Crippen LogP contribution in [0.3, 0.4) is 0 Å². The molecule has 0 atom stereocenters. The van der Waals surface area contributed by atoms with E-state index in [-0.39, 0.29) is 0 Å². The standard InChI is InChI=1S/C3H3N3.C2H4N4/c1-4-2-6-3-5-1;1-2-3-5-6-4-2/h1-3H;1H3,(H,3,4,5,6). The topological polar surface area (TPSA) is 93.1 Å². The maximum absolute atomic E-state index is 3.57. The molecule has 2 aromatic heterocycles. The molecule has 7 heteroatoms. The predicted molar refractivity (Wildman–Crippen MR) is 38.7 cm³/mol. The van der Waals surface area contributed by atoms with Gasteiger partial charge in [0.05, 0.1) is 0 Å². The second kappa shape index (κ2) is 4.83. The first kappa shape index (κ1) is 8.18. The van der Waals surface area contributed by atoms with Crippen molar-refractivity contribution >= 4 is 0 Å². The summed E-state index contributed by atoms with van der Waals surface area (Å²) in [4.78, 5) is 10.7. The molecule has 0 aliphatic carbocycles. The normalized spacial score (nSPS) is 8.42. The third-order valence-corrected chi connectivity index (χ3v) is 0.851. The third-order valence-electron chi connectivity index (χ3n) is 0.851. The highest BCUT2D eigenvalue weighted by molar-refractivity contribution is 4.63. The number of tetrazole rings is 1. The lowest BCUT2D eigenvalue weighted by molar-refractivity contribution is 0.881. The van der Waals surface area contributed by atoms with Gasteiger partial charge in [-0.15, -0.1) is 10.2 Å². The van der Waals surface area contributed by atoms with Crippen molar-refractivity contribution in [3.05, 3.63) is 24.8 Å². The molecule has 0 amide bonds. The van der Waals surface area contributed by atoms with E-state index in [1.54, 1.807) is 6.92 Å². The minimum Gasteiger partial charge on any atom is -0.225 e. The van der Waals surface area contributed by atoms with Gasteiger partial charge in [-0.3, -0.25) is 0 Å². The summed E-state index contributed by atoms with van der Waals surface area (Å²) in [5.41, 5.74) is 0. The van der Waals surface area contributed by atoms with Crippen molar-refractivity contribution in [2.75, 3.05) is 0 Å². The number of aromatic nitrogens is 7. The zero-order valence-electron chi connectivity index (χ0n) is 6.42. The molecule has 0 bridgehead atoms. The summed E-state index contributed by atoms with van der Waals surface area (Å²) in [5, 5.41) is 12.7. The minimum atomic E-state index is 0.676. The Kier molecular flexibility index (Phi) is 3.29. The van der Waals surface area contributed by atoms with E-state index in [2.05, 4.69) is 35.6 Å². The molecule has 0 unspecified atom stereocenters. The summed E-state index contributed by atoms with van der Waals surface area (Å²) >= 11 is 0. The third kappa shape index (κ3) is 3.30. The van der Waals surface area contributed by atoms with Gasteiger partial charge in [-0.25, -0.2) is 15.0 Å². The first-order chi connectivity index (χ1) is 5.89. The molecule has 0 fully saturated rings. The van der Waals surface area contributed by atoms with Gasteiger partial charge in [-0.2, -0.15) is 5.21 Å². The molecule has 7 nitrogen and oxygen atoms in total. The number of aromatic amines is 1. The van der Waals surface area contributed by atoms with E-state index < -0.39 is 0 Å². The van der Waals surface area contributed by atoms with Gasteiger partial charge in [-0.1, -0.05) is 5.21 Å². The Labute approximate surface area is 68.3 Å². The van der Waals surface area contributed by atoms with Crippen LogP contribution in [0.1, 0.15) is 5.82 Å². The van der Waals surface area contributed by atoms with Gasteiger partial charge in [0.15, 0.2) is 5.82 Å². The first-order valence-corrected chi connectivity index (χ1v) is 3.14. The van der Waals surface area contributed by atoms with Crippen LogP contribution in [0, 0.1) is 6.92 Å². The van der Waals surface area contributed by atoms with Crippen LogP contribution in [0.2, 0.25) is 0 Å². The maximum atomic E-state index is 3.57. The van der Waals surface area contributed by atoms with E-state index in [4.69, 9.17) is 0 Å². The zero-order valence-corrected chi connectivity index (χ0v) is 6.42. The summed E-state index contributed by atoms with van der Waals surface area (Å²) < 4.78 is 0. The van der Waals surface area contributed by atoms with Crippen LogP contribution in [0.5, 0.6) is 0 Å². The van der Waals surface area contributed by atoms with Gasteiger partial charge in [0.1, 0.15) is 19.0 Å². The monoisotopic (exact) mass is 165 g/mol. The van der Waals surface area contributed by atoms with E-state index in [1.165, 1.54) is 19.0 Å². The fraction of sp³-hybridized carbons (Fsp3) is 0.200. The molecule has 2 heterocycles. The summed E-state index contributed by atoms with van der Waals surface area (Å²) in [6.45, 7) is 1.77. The van der Waals surface area contributed by atoms with E-state index in [1.807, 2.05) is 0 Å². The van der Waals surface area contributed by atoms with Gasteiger partial charge >= 0.3 is 0 Å². The van der Waals surface area contributed by atoms with E-state index in [9.17, 15) is 0 Å². The Balaban J connectivity index is 0.000000120. The second-order valence-corrected chi connectivity index (χ2v) is 1.75. The molecule has 2 aromatic rings. The van der Waals surface area contributed by atoms with Gasteiger partial charge in [0.25, 0.3) is 0 Å².